The van der Waals surface area contributed by atoms with Crippen LogP contribution in [0.5, 0.6) is 0 Å². The zero-order valence-corrected chi connectivity index (χ0v) is 23.3. The number of likely N-dealkylation sites (N-methyl/N-ethyl adjacent to an activating group) is 1. The van der Waals surface area contributed by atoms with E-state index in [1.54, 1.807) is 0 Å². The summed E-state index contributed by atoms with van der Waals surface area (Å²) in [6, 6.07) is 10.1. The molecule has 0 radical (unpaired) electrons. The van der Waals surface area contributed by atoms with Crippen LogP contribution in [0.15, 0.2) is 36.4 Å². The number of halogens is 2. The number of anilines is 1. The second-order valence-corrected chi connectivity index (χ2v) is 13.3. The molecule has 7 nitrogen and oxygen atoms in total. The highest BCUT2D eigenvalue weighted by atomic mass is 35.5. The first-order valence-corrected chi connectivity index (χ1v) is 14.7. The summed E-state index contributed by atoms with van der Waals surface area (Å²) in [6.07, 6.45) is -0.823. The molecule has 0 spiro atoms. The van der Waals surface area contributed by atoms with E-state index in [4.69, 9.17) is 11.6 Å². The van der Waals surface area contributed by atoms with Crippen LogP contribution in [0.4, 0.5) is 10.1 Å². The van der Waals surface area contributed by atoms with Crippen molar-refractivity contribution in [1.82, 2.24) is 10.6 Å². The molecule has 1 fully saturated rings. The predicted molar refractivity (Wildman–Crippen MR) is 146 cm³/mol. The Labute approximate surface area is 224 Å². The molecule has 3 rings (SSSR count). The zero-order valence-electron chi connectivity index (χ0n) is 21.8. The lowest BCUT2D eigenvalue weighted by atomic mass is 9.86. The monoisotopic (exact) mass is 553 g/mol. The fraction of sp³-hybridized carbons (Fsp3) is 0.519. The Morgan fingerprint density at radius 3 is 2.54 bits per heavy atom. The topological polar surface area (TPSA) is 108 Å². The highest BCUT2D eigenvalue weighted by molar-refractivity contribution is 7.91. The van der Waals surface area contributed by atoms with Crippen molar-refractivity contribution in [2.24, 2.45) is 5.92 Å². The summed E-state index contributed by atoms with van der Waals surface area (Å²) in [5.41, 5.74) is 2.48. The summed E-state index contributed by atoms with van der Waals surface area (Å²) in [7, 11) is -3.44. The molecule has 2 aromatic carbocycles. The van der Waals surface area contributed by atoms with E-state index in [0.29, 0.717) is 18.7 Å². The van der Waals surface area contributed by atoms with Crippen molar-refractivity contribution in [3.8, 4) is 0 Å². The molecule has 1 aliphatic heterocycles. The van der Waals surface area contributed by atoms with E-state index in [-0.39, 0.29) is 40.6 Å². The van der Waals surface area contributed by atoms with E-state index in [1.165, 1.54) is 17.7 Å². The number of aliphatic hydroxyl groups is 1. The number of sulfone groups is 1. The van der Waals surface area contributed by atoms with Gasteiger partial charge in [-0.2, -0.15) is 0 Å². The number of hydrogen-bond acceptors (Lipinski definition) is 6. The molecule has 0 bridgehead atoms. The molecule has 2 aromatic rings. The number of carbonyl (C=O) groups is 1. The Morgan fingerprint density at radius 2 is 1.89 bits per heavy atom. The van der Waals surface area contributed by atoms with Gasteiger partial charge in [-0.3, -0.25) is 4.79 Å². The smallest absolute Gasteiger partial charge is 0.238 e. The van der Waals surface area contributed by atoms with E-state index in [1.807, 2.05) is 19.1 Å². The van der Waals surface area contributed by atoms with Crippen LogP contribution in [0.25, 0.3) is 0 Å². The third-order valence-corrected chi connectivity index (χ3v) is 8.66. The van der Waals surface area contributed by atoms with Gasteiger partial charge in [-0.1, -0.05) is 63.6 Å². The number of rotatable bonds is 9. The number of nitrogens with one attached hydrogen (secondary N) is 3. The molecular formula is C27H37ClFN3O4S. The largest absolute Gasteiger partial charge is 0.391 e. The average molecular weight is 554 g/mol. The summed E-state index contributed by atoms with van der Waals surface area (Å²) in [4.78, 5) is 12.0. The Bertz CT molecular complexity index is 1190. The summed E-state index contributed by atoms with van der Waals surface area (Å²) < 4.78 is 40.2. The second-order valence-electron chi connectivity index (χ2n) is 10.7. The van der Waals surface area contributed by atoms with Crippen molar-refractivity contribution < 1.29 is 22.7 Å². The van der Waals surface area contributed by atoms with E-state index in [0.717, 1.165) is 5.56 Å². The third kappa shape index (κ3) is 8.22. The summed E-state index contributed by atoms with van der Waals surface area (Å²) >= 11 is 6.25. The quantitative estimate of drug-likeness (QED) is 0.379. The van der Waals surface area contributed by atoms with Crippen molar-refractivity contribution in [2.75, 3.05) is 29.9 Å². The molecule has 0 aliphatic carbocycles. The molecule has 1 saturated heterocycles. The van der Waals surface area contributed by atoms with Crippen LogP contribution in [0, 0.1) is 11.7 Å². The van der Waals surface area contributed by atoms with Gasteiger partial charge in [-0.25, -0.2) is 12.8 Å². The molecule has 0 saturated carbocycles. The average Bonchev–Trinajstić information content (AvgIpc) is 2.80. The number of benzene rings is 2. The number of amides is 1. The fourth-order valence-corrected chi connectivity index (χ4v) is 6.78. The Morgan fingerprint density at radius 1 is 1.16 bits per heavy atom. The minimum Gasteiger partial charge on any atom is -0.391 e. The Hall–Kier alpha value is -2.04. The first kappa shape index (κ1) is 29.5. The van der Waals surface area contributed by atoms with Crippen molar-refractivity contribution in [1.29, 1.82) is 0 Å². The molecule has 0 aromatic heterocycles. The first-order chi connectivity index (χ1) is 17.3. The highest BCUT2D eigenvalue weighted by Crippen LogP contribution is 2.30. The van der Waals surface area contributed by atoms with Crippen molar-refractivity contribution in [3.63, 3.8) is 0 Å². The maximum atomic E-state index is 14.8. The second kappa shape index (κ2) is 12.2. The number of carbonyl (C=O) groups excluding carboxylic acids is 1. The van der Waals surface area contributed by atoms with Crippen LogP contribution in [0.3, 0.4) is 0 Å². The standard InChI is InChI=1S/C27H37ClFN3O4S/c1-5-30-14-24(33)32-25-21(28)11-18(12-22(25)29)9-19-15-37(35,36)16-23(26(19)34)31-13-17-7-6-8-20(10-17)27(2,3)4/h6-8,10-12,19,23,26,30-31,34H,5,9,13-16H2,1-4H3,(H,32,33)/t19-,23+,26+/m1/s1. The van der Waals surface area contributed by atoms with Crippen LogP contribution in [0.1, 0.15) is 44.4 Å². The van der Waals surface area contributed by atoms with E-state index in [2.05, 4.69) is 48.9 Å². The summed E-state index contributed by atoms with van der Waals surface area (Å²) in [6.45, 7) is 9.25. The SMILES string of the molecule is CCNCC(=O)Nc1c(F)cc(C[C@@H]2CS(=O)(=O)C[C@H](NCc3cccc(C(C)(C)C)c3)[C@H]2O)cc1Cl. The molecule has 1 aliphatic rings. The van der Waals surface area contributed by atoms with Crippen molar-refractivity contribution in [3.05, 3.63) is 63.9 Å². The van der Waals surface area contributed by atoms with Crippen LogP contribution in [0.2, 0.25) is 5.02 Å². The number of aliphatic hydroxyl groups excluding tert-OH is 1. The van der Waals surface area contributed by atoms with E-state index >= 15 is 0 Å². The highest BCUT2D eigenvalue weighted by Gasteiger charge is 2.39. The van der Waals surface area contributed by atoms with Crippen LogP contribution in [-0.4, -0.2) is 56.2 Å². The van der Waals surface area contributed by atoms with Gasteiger partial charge >= 0.3 is 0 Å². The van der Waals surface area contributed by atoms with Gasteiger partial charge in [0.15, 0.2) is 9.84 Å². The van der Waals surface area contributed by atoms with Crippen LogP contribution < -0.4 is 16.0 Å². The van der Waals surface area contributed by atoms with Gasteiger partial charge in [-0.15, -0.1) is 0 Å². The molecule has 4 N–H and O–H groups in total. The van der Waals surface area contributed by atoms with Gasteiger partial charge in [0.25, 0.3) is 0 Å². The van der Waals surface area contributed by atoms with Crippen LogP contribution in [-0.2, 0) is 33.0 Å². The molecule has 37 heavy (non-hydrogen) atoms. The van der Waals surface area contributed by atoms with Gasteiger partial charge in [0, 0.05) is 18.5 Å². The summed E-state index contributed by atoms with van der Waals surface area (Å²) in [5, 5.41) is 19.6. The van der Waals surface area contributed by atoms with Gasteiger partial charge in [0.2, 0.25) is 5.91 Å². The van der Waals surface area contributed by atoms with Gasteiger partial charge in [0.1, 0.15) is 5.82 Å². The molecular weight excluding hydrogens is 517 g/mol. The fourth-order valence-electron chi connectivity index (χ4n) is 4.54. The number of hydrogen-bond donors (Lipinski definition) is 4. The predicted octanol–water partition coefficient (Wildman–Crippen LogP) is 3.43. The van der Waals surface area contributed by atoms with Gasteiger partial charge in [0.05, 0.1) is 34.9 Å². The molecule has 10 heteroatoms. The molecule has 0 unspecified atom stereocenters. The molecule has 1 heterocycles. The lowest BCUT2D eigenvalue weighted by molar-refractivity contribution is -0.115. The van der Waals surface area contributed by atoms with Gasteiger partial charge < -0.3 is 21.1 Å². The first-order valence-electron chi connectivity index (χ1n) is 12.5. The maximum Gasteiger partial charge on any atom is 0.238 e. The van der Waals surface area contributed by atoms with Crippen LogP contribution >= 0.6 is 11.6 Å². The zero-order chi connectivity index (χ0) is 27.4. The van der Waals surface area contributed by atoms with E-state index < -0.39 is 39.6 Å². The minimum absolute atomic E-state index is 0.0152. The lowest BCUT2D eigenvalue weighted by Gasteiger charge is -2.35. The Kier molecular flexibility index (Phi) is 9.74. The molecule has 204 valence electrons. The van der Waals surface area contributed by atoms with Crippen molar-refractivity contribution >= 4 is 33.0 Å². The summed E-state index contributed by atoms with van der Waals surface area (Å²) in [5.74, 6) is -2.15. The van der Waals surface area contributed by atoms with Crippen molar-refractivity contribution in [2.45, 2.75) is 58.2 Å². The van der Waals surface area contributed by atoms with E-state index in [9.17, 15) is 22.7 Å². The van der Waals surface area contributed by atoms with Gasteiger partial charge in [-0.05, 0) is 47.2 Å². The minimum atomic E-state index is -3.44. The molecule has 1 amide bonds. The Balaban J connectivity index is 1.71. The lowest BCUT2D eigenvalue weighted by Crippen LogP contribution is -2.54. The third-order valence-electron chi connectivity index (χ3n) is 6.56. The maximum absolute atomic E-state index is 14.8. The molecule has 3 atom stereocenters. The normalized spacial score (nSPS) is 21.5.